The van der Waals surface area contributed by atoms with Crippen LogP contribution >= 0.6 is 0 Å². The minimum Gasteiger partial charge on any atom is -0.391 e. The molecular weight excluding hydrogens is 256 g/mol. The van der Waals surface area contributed by atoms with Gasteiger partial charge in [0.1, 0.15) is 9.84 Å². The quantitative estimate of drug-likeness (QED) is 0.543. The lowest BCUT2D eigenvalue weighted by atomic mass is 10.1. The number of carbonyl (C=O) groups is 1. The first-order chi connectivity index (χ1) is 8.11. The molecule has 0 aliphatic heterocycles. The molecule has 18 heavy (non-hydrogen) atoms. The maximum Gasteiger partial charge on any atom is 0.237 e. The molecular formula is C11H24N2O4S. The number of nitrogens with one attached hydrogen (secondary N) is 1. The summed E-state index contributed by atoms with van der Waals surface area (Å²) in [5.41, 5.74) is 5.55. The van der Waals surface area contributed by atoms with Crippen LogP contribution in [0.15, 0.2) is 0 Å². The van der Waals surface area contributed by atoms with Crippen LogP contribution in [0.1, 0.15) is 26.7 Å². The highest BCUT2D eigenvalue weighted by atomic mass is 32.2. The van der Waals surface area contributed by atoms with Crippen LogP contribution in [0.4, 0.5) is 0 Å². The Morgan fingerprint density at radius 1 is 1.39 bits per heavy atom. The van der Waals surface area contributed by atoms with E-state index in [-0.39, 0.29) is 18.7 Å². The summed E-state index contributed by atoms with van der Waals surface area (Å²) in [5.74, 6) is -0.201. The van der Waals surface area contributed by atoms with Crippen molar-refractivity contribution in [3.05, 3.63) is 0 Å². The van der Waals surface area contributed by atoms with Gasteiger partial charge in [-0.05, 0) is 18.8 Å². The van der Waals surface area contributed by atoms with Gasteiger partial charge in [0, 0.05) is 12.8 Å². The second kappa shape index (κ2) is 7.70. The first kappa shape index (κ1) is 17.3. The molecule has 7 heteroatoms. The molecule has 0 fully saturated rings. The van der Waals surface area contributed by atoms with Gasteiger partial charge in [0.25, 0.3) is 0 Å². The van der Waals surface area contributed by atoms with E-state index in [4.69, 9.17) is 5.73 Å². The smallest absolute Gasteiger partial charge is 0.237 e. The van der Waals surface area contributed by atoms with Gasteiger partial charge < -0.3 is 16.2 Å². The summed E-state index contributed by atoms with van der Waals surface area (Å²) in [5, 5.41) is 12.1. The molecule has 2 unspecified atom stereocenters. The molecule has 0 aromatic rings. The van der Waals surface area contributed by atoms with Gasteiger partial charge in [-0.2, -0.15) is 0 Å². The van der Waals surface area contributed by atoms with Crippen molar-refractivity contribution in [1.82, 2.24) is 5.32 Å². The van der Waals surface area contributed by atoms with E-state index < -0.39 is 27.9 Å². The van der Waals surface area contributed by atoms with Crippen LogP contribution in [-0.2, 0) is 14.6 Å². The third kappa shape index (κ3) is 9.38. The fourth-order valence-corrected chi connectivity index (χ4v) is 2.13. The highest BCUT2D eigenvalue weighted by Crippen LogP contribution is 2.03. The van der Waals surface area contributed by atoms with Gasteiger partial charge in [-0.1, -0.05) is 13.8 Å². The molecule has 0 aromatic heterocycles. The van der Waals surface area contributed by atoms with Gasteiger partial charge in [-0.25, -0.2) is 8.42 Å². The van der Waals surface area contributed by atoms with Crippen molar-refractivity contribution in [2.45, 2.75) is 38.8 Å². The molecule has 0 rings (SSSR count). The number of sulfone groups is 1. The van der Waals surface area contributed by atoms with E-state index in [2.05, 4.69) is 5.32 Å². The Labute approximate surface area is 109 Å². The Morgan fingerprint density at radius 3 is 2.39 bits per heavy atom. The van der Waals surface area contributed by atoms with Gasteiger partial charge in [-0.3, -0.25) is 4.79 Å². The zero-order valence-electron chi connectivity index (χ0n) is 11.2. The Hall–Kier alpha value is -0.660. The fourth-order valence-electron chi connectivity index (χ4n) is 1.45. The number of amides is 1. The lowest BCUT2D eigenvalue weighted by molar-refractivity contribution is -0.122. The standard InChI is InChI=1S/C11H24N2O4S/c1-8(2)6-9(14)7-13-11(15)10(12)4-5-18(3,16)17/h8-10,14H,4-7,12H2,1-3H3,(H,13,15). The Balaban J connectivity index is 3.95. The highest BCUT2D eigenvalue weighted by molar-refractivity contribution is 7.90. The first-order valence-electron chi connectivity index (χ1n) is 6.01. The van der Waals surface area contributed by atoms with Crippen molar-refractivity contribution < 1.29 is 18.3 Å². The van der Waals surface area contributed by atoms with Crippen LogP contribution in [0.5, 0.6) is 0 Å². The van der Waals surface area contributed by atoms with Crippen molar-refractivity contribution in [3.63, 3.8) is 0 Å². The second-order valence-corrected chi connectivity index (χ2v) is 7.31. The predicted molar refractivity (Wildman–Crippen MR) is 70.8 cm³/mol. The summed E-state index contributed by atoms with van der Waals surface area (Å²) >= 11 is 0. The normalized spacial score (nSPS) is 15.4. The first-order valence-corrected chi connectivity index (χ1v) is 8.07. The molecule has 0 aromatic carbocycles. The summed E-state index contributed by atoms with van der Waals surface area (Å²) in [7, 11) is -3.11. The number of hydrogen-bond acceptors (Lipinski definition) is 5. The van der Waals surface area contributed by atoms with Crippen molar-refractivity contribution in [3.8, 4) is 0 Å². The van der Waals surface area contributed by atoms with Crippen LogP contribution in [0.2, 0.25) is 0 Å². The number of aliphatic hydroxyl groups is 1. The molecule has 0 aliphatic rings. The van der Waals surface area contributed by atoms with Crippen molar-refractivity contribution in [2.75, 3.05) is 18.6 Å². The molecule has 0 spiro atoms. The van der Waals surface area contributed by atoms with Gasteiger partial charge in [-0.15, -0.1) is 0 Å². The van der Waals surface area contributed by atoms with E-state index in [1.54, 1.807) is 0 Å². The number of hydrogen-bond donors (Lipinski definition) is 3. The highest BCUT2D eigenvalue weighted by Gasteiger charge is 2.17. The predicted octanol–water partition coefficient (Wildman–Crippen LogP) is -0.728. The summed E-state index contributed by atoms with van der Waals surface area (Å²) in [6.45, 7) is 4.09. The zero-order valence-corrected chi connectivity index (χ0v) is 12.0. The molecule has 0 saturated heterocycles. The van der Waals surface area contributed by atoms with Gasteiger partial charge in [0.2, 0.25) is 5.91 Å². The molecule has 0 saturated carbocycles. The molecule has 0 bridgehead atoms. The van der Waals surface area contributed by atoms with Crippen LogP contribution in [0.3, 0.4) is 0 Å². The van der Waals surface area contributed by atoms with Crippen LogP contribution < -0.4 is 11.1 Å². The molecule has 4 N–H and O–H groups in total. The van der Waals surface area contributed by atoms with E-state index >= 15 is 0 Å². The van der Waals surface area contributed by atoms with Gasteiger partial charge in [0.15, 0.2) is 0 Å². The third-order valence-corrected chi connectivity index (χ3v) is 3.37. The molecule has 6 nitrogen and oxygen atoms in total. The van der Waals surface area contributed by atoms with Crippen molar-refractivity contribution >= 4 is 15.7 Å². The monoisotopic (exact) mass is 280 g/mol. The summed E-state index contributed by atoms with van der Waals surface area (Å²) in [6, 6.07) is -0.856. The lowest BCUT2D eigenvalue weighted by Gasteiger charge is -2.16. The molecule has 1 amide bonds. The Morgan fingerprint density at radius 2 is 1.94 bits per heavy atom. The minimum atomic E-state index is -3.11. The fraction of sp³-hybridized carbons (Fsp3) is 0.909. The molecule has 0 aliphatic carbocycles. The van der Waals surface area contributed by atoms with Gasteiger partial charge >= 0.3 is 0 Å². The third-order valence-electron chi connectivity index (χ3n) is 2.39. The minimum absolute atomic E-state index is 0.0882. The molecule has 0 heterocycles. The second-order valence-electron chi connectivity index (χ2n) is 5.05. The average Bonchev–Trinajstić information content (AvgIpc) is 2.20. The number of carbonyl (C=O) groups excluding carboxylic acids is 1. The van der Waals surface area contributed by atoms with E-state index in [0.717, 1.165) is 6.26 Å². The average molecular weight is 280 g/mol. The number of nitrogens with two attached hydrogens (primary N) is 1. The van der Waals surface area contributed by atoms with Crippen LogP contribution in [-0.4, -0.2) is 50.1 Å². The Kier molecular flexibility index (Phi) is 7.42. The van der Waals surface area contributed by atoms with Crippen LogP contribution in [0, 0.1) is 5.92 Å². The lowest BCUT2D eigenvalue weighted by Crippen LogP contribution is -2.44. The van der Waals surface area contributed by atoms with E-state index in [0.29, 0.717) is 12.3 Å². The maximum absolute atomic E-state index is 11.5. The topological polar surface area (TPSA) is 109 Å². The van der Waals surface area contributed by atoms with Crippen molar-refractivity contribution in [2.24, 2.45) is 11.7 Å². The SMILES string of the molecule is CC(C)CC(O)CNC(=O)C(N)CCS(C)(=O)=O. The van der Waals surface area contributed by atoms with E-state index in [1.807, 2.05) is 13.8 Å². The number of rotatable bonds is 8. The zero-order chi connectivity index (χ0) is 14.3. The Bertz CT molecular complexity index is 354. The summed E-state index contributed by atoms with van der Waals surface area (Å²) < 4.78 is 21.8. The van der Waals surface area contributed by atoms with E-state index in [1.165, 1.54) is 0 Å². The molecule has 2 atom stereocenters. The van der Waals surface area contributed by atoms with Crippen molar-refractivity contribution in [1.29, 1.82) is 0 Å². The largest absolute Gasteiger partial charge is 0.391 e. The molecule has 108 valence electrons. The summed E-state index contributed by atoms with van der Waals surface area (Å²) in [4.78, 5) is 11.5. The van der Waals surface area contributed by atoms with E-state index in [9.17, 15) is 18.3 Å². The number of aliphatic hydroxyl groups excluding tert-OH is 1. The summed E-state index contributed by atoms with van der Waals surface area (Å²) in [6.07, 6.45) is 1.18. The molecule has 0 radical (unpaired) electrons. The maximum atomic E-state index is 11.5. The van der Waals surface area contributed by atoms with Gasteiger partial charge in [0.05, 0.1) is 17.9 Å². The van der Waals surface area contributed by atoms with Crippen LogP contribution in [0.25, 0.3) is 0 Å².